The summed E-state index contributed by atoms with van der Waals surface area (Å²) in [4.78, 5) is 0.799. The van der Waals surface area contributed by atoms with Crippen LogP contribution in [0.5, 0.6) is 0 Å². The van der Waals surface area contributed by atoms with Crippen molar-refractivity contribution in [2.45, 2.75) is 0 Å². The summed E-state index contributed by atoms with van der Waals surface area (Å²) in [6.07, 6.45) is 0. The van der Waals surface area contributed by atoms with E-state index >= 15 is 0 Å². The molecule has 0 saturated heterocycles. The fraction of sp³-hybridized carbons (Fsp3) is 0. The van der Waals surface area contributed by atoms with Crippen LogP contribution in [0.1, 0.15) is 4.88 Å². The molecule has 10 heavy (non-hydrogen) atoms. The largest absolute Gasteiger partial charge is 0.381 e. The minimum Gasteiger partial charge on any atom is -0.381 e. The number of hydrogen-bond donors (Lipinski definition) is 2. The van der Waals surface area contributed by atoms with Crippen molar-refractivity contribution in [2.24, 2.45) is 16.7 Å². The van der Waals surface area contributed by atoms with Crippen LogP contribution in [-0.2, 0) is 0 Å². The molecule has 0 spiro atoms. The molecule has 54 valence electrons. The van der Waals surface area contributed by atoms with E-state index in [0.29, 0.717) is 10.2 Å². The first kappa shape index (κ1) is 7.37. The second kappa shape index (κ2) is 2.90. The third kappa shape index (κ3) is 1.40. The van der Waals surface area contributed by atoms with Gasteiger partial charge in [-0.1, -0.05) is 11.6 Å². The highest BCUT2D eigenvalue weighted by Gasteiger charge is 2.00. The lowest BCUT2D eigenvalue weighted by atomic mass is 10.4. The summed E-state index contributed by atoms with van der Waals surface area (Å²) in [5.74, 6) is 5.26. The fourth-order valence-corrected chi connectivity index (χ4v) is 1.47. The summed E-state index contributed by atoms with van der Waals surface area (Å²) in [6.45, 7) is 0. The van der Waals surface area contributed by atoms with E-state index in [4.69, 9.17) is 23.2 Å². The van der Waals surface area contributed by atoms with E-state index in [1.807, 2.05) is 0 Å². The van der Waals surface area contributed by atoms with Crippen molar-refractivity contribution in [3.63, 3.8) is 0 Å². The molecule has 0 aliphatic rings. The van der Waals surface area contributed by atoms with Crippen molar-refractivity contribution >= 4 is 28.8 Å². The molecule has 0 bridgehead atoms. The fourth-order valence-electron chi connectivity index (χ4n) is 0.516. The zero-order valence-electron chi connectivity index (χ0n) is 5.04. The van der Waals surface area contributed by atoms with Crippen molar-refractivity contribution in [3.8, 4) is 0 Å². The second-order valence-corrected chi connectivity index (χ2v) is 3.33. The first-order chi connectivity index (χ1) is 4.74. The summed E-state index contributed by atoms with van der Waals surface area (Å²) in [6, 6.07) is 3.53. The van der Waals surface area contributed by atoms with Gasteiger partial charge in [-0.05, 0) is 12.1 Å². The molecule has 0 aliphatic carbocycles. The van der Waals surface area contributed by atoms with Crippen molar-refractivity contribution in [2.75, 3.05) is 0 Å². The average molecular weight is 176 g/mol. The molecule has 0 atom stereocenters. The highest BCUT2D eigenvalue weighted by molar-refractivity contribution is 7.18. The molecule has 1 aromatic heterocycles. The Labute approximate surface area is 67.3 Å². The summed E-state index contributed by atoms with van der Waals surface area (Å²) < 4.78 is 0.682. The van der Waals surface area contributed by atoms with E-state index in [0.717, 1.165) is 4.88 Å². The van der Waals surface area contributed by atoms with Gasteiger partial charge in [0.1, 0.15) is 0 Å². The maximum Gasteiger partial charge on any atom is 0.160 e. The van der Waals surface area contributed by atoms with Gasteiger partial charge in [0, 0.05) is 0 Å². The van der Waals surface area contributed by atoms with E-state index < -0.39 is 0 Å². The Hall–Kier alpha value is -0.740. The Morgan fingerprint density at radius 3 is 2.70 bits per heavy atom. The predicted octanol–water partition coefficient (Wildman–Crippen LogP) is 0.981. The predicted molar refractivity (Wildman–Crippen MR) is 44.2 cm³/mol. The molecule has 1 rings (SSSR count). The highest BCUT2D eigenvalue weighted by Crippen LogP contribution is 2.20. The maximum atomic E-state index is 5.63. The minimum atomic E-state index is 0.317. The van der Waals surface area contributed by atoms with E-state index in [-0.39, 0.29) is 0 Å². The Morgan fingerprint density at radius 1 is 1.60 bits per heavy atom. The summed E-state index contributed by atoms with van der Waals surface area (Å²) in [5.41, 5.74) is 5.38. The number of hydrazone groups is 1. The van der Waals surface area contributed by atoms with Gasteiger partial charge in [-0.3, -0.25) is 0 Å². The van der Waals surface area contributed by atoms with Crippen LogP contribution < -0.4 is 11.6 Å². The van der Waals surface area contributed by atoms with Gasteiger partial charge in [0.2, 0.25) is 0 Å². The second-order valence-electron chi connectivity index (χ2n) is 1.62. The Kier molecular flexibility index (Phi) is 2.13. The molecule has 0 amide bonds. The van der Waals surface area contributed by atoms with Crippen molar-refractivity contribution in [1.82, 2.24) is 0 Å². The standard InChI is InChI=1S/C5H6ClN3S/c6-4-2-1-3(10-4)5(7)9-8/h1-2H,8H2,(H2,7,9). The van der Waals surface area contributed by atoms with Crippen LogP contribution in [0, 0.1) is 0 Å². The zero-order chi connectivity index (χ0) is 7.56. The Bertz CT molecular complexity index is 255. The van der Waals surface area contributed by atoms with Gasteiger partial charge in [-0.15, -0.1) is 11.3 Å². The third-order valence-corrected chi connectivity index (χ3v) is 2.22. The first-order valence-electron chi connectivity index (χ1n) is 2.53. The van der Waals surface area contributed by atoms with Crippen LogP contribution in [0.3, 0.4) is 0 Å². The molecule has 0 aromatic carbocycles. The molecule has 1 heterocycles. The maximum absolute atomic E-state index is 5.63. The van der Waals surface area contributed by atoms with Crippen LogP contribution >= 0.6 is 22.9 Å². The topological polar surface area (TPSA) is 64.4 Å². The third-order valence-electron chi connectivity index (χ3n) is 0.965. The molecule has 0 aliphatic heterocycles. The van der Waals surface area contributed by atoms with E-state index in [1.165, 1.54) is 11.3 Å². The zero-order valence-corrected chi connectivity index (χ0v) is 6.62. The normalized spacial score (nSPS) is 11.9. The van der Waals surface area contributed by atoms with E-state index in [9.17, 15) is 0 Å². The number of amidine groups is 1. The number of nitrogens with zero attached hydrogens (tertiary/aromatic N) is 1. The molecule has 0 saturated carbocycles. The molecule has 0 radical (unpaired) electrons. The van der Waals surface area contributed by atoms with Gasteiger partial charge < -0.3 is 11.6 Å². The molecule has 3 nitrogen and oxygen atoms in total. The van der Waals surface area contributed by atoms with Gasteiger partial charge in [-0.2, -0.15) is 5.10 Å². The van der Waals surface area contributed by atoms with Gasteiger partial charge in [0.05, 0.1) is 9.21 Å². The molecular formula is C5H6ClN3S. The number of halogens is 1. The van der Waals surface area contributed by atoms with Gasteiger partial charge in [0.25, 0.3) is 0 Å². The van der Waals surface area contributed by atoms with Crippen LogP contribution in [0.2, 0.25) is 4.34 Å². The number of thiophene rings is 1. The lowest BCUT2D eigenvalue weighted by Crippen LogP contribution is -2.13. The quantitative estimate of drug-likeness (QED) is 0.289. The van der Waals surface area contributed by atoms with Crippen molar-refractivity contribution in [3.05, 3.63) is 21.3 Å². The molecule has 0 unspecified atom stereocenters. The smallest absolute Gasteiger partial charge is 0.160 e. The summed E-state index contributed by atoms with van der Waals surface area (Å²) in [5, 5.41) is 3.32. The van der Waals surface area contributed by atoms with E-state index in [1.54, 1.807) is 12.1 Å². The van der Waals surface area contributed by atoms with Crippen molar-refractivity contribution < 1.29 is 0 Å². The monoisotopic (exact) mass is 175 g/mol. The van der Waals surface area contributed by atoms with Gasteiger partial charge >= 0.3 is 0 Å². The first-order valence-corrected chi connectivity index (χ1v) is 3.72. The Morgan fingerprint density at radius 2 is 2.30 bits per heavy atom. The lowest BCUT2D eigenvalue weighted by Gasteiger charge is -1.89. The summed E-state index contributed by atoms with van der Waals surface area (Å²) >= 11 is 6.98. The van der Waals surface area contributed by atoms with Crippen LogP contribution in [-0.4, -0.2) is 5.84 Å². The Balaban J connectivity index is 2.95. The lowest BCUT2D eigenvalue weighted by molar-refractivity contribution is 1.23. The van der Waals surface area contributed by atoms with Crippen LogP contribution in [0.15, 0.2) is 17.2 Å². The molecule has 0 fully saturated rings. The van der Waals surface area contributed by atoms with Crippen molar-refractivity contribution in [1.29, 1.82) is 0 Å². The number of hydrogen-bond acceptors (Lipinski definition) is 3. The number of rotatable bonds is 1. The van der Waals surface area contributed by atoms with Crippen LogP contribution in [0.4, 0.5) is 0 Å². The highest BCUT2D eigenvalue weighted by atomic mass is 35.5. The minimum absolute atomic E-state index is 0.317. The molecule has 4 N–H and O–H groups in total. The summed E-state index contributed by atoms with van der Waals surface area (Å²) in [7, 11) is 0. The molecular weight excluding hydrogens is 170 g/mol. The number of nitrogens with two attached hydrogens (primary N) is 2. The van der Waals surface area contributed by atoms with Crippen LogP contribution in [0.25, 0.3) is 0 Å². The van der Waals surface area contributed by atoms with Gasteiger partial charge in [-0.25, -0.2) is 0 Å². The average Bonchev–Trinajstić information content (AvgIpc) is 2.34. The molecule has 5 heteroatoms. The molecule has 1 aromatic rings. The van der Waals surface area contributed by atoms with E-state index in [2.05, 4.69) is 5.10 Å². The van der Waals surface area contributed by atoms with Gasteiger partial charge in [0.15, 0.2) is 5.84 Å². The SMILES string of the molecule is N/N=C(/N)c1ccc(Cl)s1.